The first-order chi connectivity index (χ1) is 14.5. The van der Waals surface area contributed by atoms with Crippen molar-refractivity contribution in [1.29, 1.82) is 0 Å². The van der Waals surface area contributed by atoms with E-state index in [4.69, 9.17) is 27.6 Å². The highest BCUT2D eigenvalue weighted by Crippen LogP contribution is 2.24. The fraction of sp³-hybridized carbons (Fsp3) is 0.286. The van der Waals surface area contributed by atoms with Gasteiger partial charge in [0.2, 0.25) is 11.8 Å². The van der Waals surface area contributed by atoms with Gasteiger partial charge in [0.15, 0.2) is 0 Å². The number of rotatable bonds is 5. The maximum absolute atomic E-state index is 12.6. The number of hydrogen-bond acceptors (Lipinski definition) is 5. The monoisotopic (exact) mass is 446 g/mol. The Kier molecular flexibility index (Phi) is 6.22. The number of nitrogens with zero attached hydrogens (tertiary/aromatic N) is 2. The number of anilines is 1. The van der Waals surface area contributed by atoms with Gasteiger partial charge >= 0.3 is 5.76 Å². The second-order valence-electron chi connectivity index (χ2n) is 7.31. The molecule has 156 valence electrons. The summed E-state index contributed by atoms with van der Waals surface area (Å²) in [6.45, 7) is 2.43. The summed E-state index contributed by atoms with van der Waals surface area (Å²) in [6, 6.07) is 12.6. The highest BCUT2D eigenvalue weighted by molar-refractivity contribution is 6.34. The van der Waals surface area contributed by atoms with Crippen molar-refractivity contribution in [2.75, 3.05) is 18.4 Å². The van der Waals surface area contributed by atoms with Crippen molar-refractivity contribution in [1.82, 2.24) is 15.1 Å². The minimum absolute atomic E-state index is 0.0134. The predicted molar refractivity (Wildman–Crippen MR) is 116 cm³/mol. The smallest absolute Gasteiger partial charge is 0.388 e. The lowest BCUT2D eigenvalue weighted by atomic mass is 9.95. The number of H-pyrrole nitrogens is 1. The molecule has 1 aliphatic heterocycles. The molecule has 1 aliphatic rings. The van der Waals surface area contributed by atoms with Crippen molar-refractivity contribution in [2.24, 2.45) is 5.92 Å². The highest BCUT2D eigenvalue weighted by atomic mass is 35.5. The maximum Gasteiger partial charge on any atom is 0.434 e. The SMILES string of the molecule is O=C(Nc1ccc(-c2n[nH]c(=O)o2)cc1)C1CCN(Cc2cc(Cl)cc(Cl)c2)CC1. The summed E-state index contributed by atoms with van der Waals surface area (Å²) < 4.78 is 4.92. The van der Waals surface area contributed by atoms with E-state index >= 15 is 0 Å². The number of carbonyl (C=O) groups is 1. The Morgan fingerprint density at radius 1 is 1.13 bits per heavy atom. The van der Waals surface area contributed by atoms with Crippen LogP contribution in [0.15, 0.2) is 51.7 Å². The molecule has 0 radical (unpaired) electrons. The zero-order chi connectivity index (χ0) is 21.1. The normalized spacial score (nSPS) is 15.3. The van der Waals surface area contributed by atoms with Crippen LogP contribution in [-0.4, -0.2) is 34.1 Å². The van der Waals surface area contributed by atoms with Gasteiger partial charge in [-0.05, 0) is 74.0 Å². The molecule has 9 heteroatoms. The number of benzene rings is 2. The van der Waals surface area contributed by atoms with Crippen LogP contribution in [0.4, 0.5) is 5.69 Å². The number of likely N-dealkylation sites (tertiary alicyclic amines) is 1. The van der Waals surface area contributed by atoms with Crippen molar-refractivity contribution in [3.8, 4) is 11.5 Å². The van der Waals surface area contributed by atoms with Gasteiger partial charge in [-0.25, -0.2) is 9.89 Å². The van der Waals surface area contributed by atoms with E-state index in [1.54, 1.807) is 30.3 Å². The Labute approximate surface area is 183 Å². The van der Waals surface area contributed by atoms with E-state index in [2.05, 4.69) is 20.4 Å². The predicted octanol–water partition coefficient (Wildman–Crippen LogP) is 4.19. The van der Waals surface area contributed by atoms with Crippen LogP contribution in [0.3, 0.4) is 0 Å². The number of aromatic nitrogens is 2. The summed E-state index contributed by atoms with van der Waals surface area (Å²) in [5.41, 5.74) is 2.42. The molecule has 1 aromatic heterocycles. The number of piperidine rings is 1. The topological polar surface area (TPSA) is 91.2 Å². The van der Waals surface area contributed by atoms with Crippen molar-refractivity contribution in [3.05, 3.63) is 68.6 Å². The fourth-order valence-electron chi connectivity index (χ4n) is 3.61. The molecule has 1 fully saturated rings. The van der Waals surface area contributed by atoms with E-state index < -0.39 is 5.76 Å². The third-order valence-corrected chi connectivity index (χ3v) is 5.56. The second-order valence-corrected chi connectivity index (χ2v) is 8.19. The third-order valence-electron chi connectivity index (χ3n) is 5.12. The number of aromatic amines is 1. The van der Waals surface area contributed by atoms with Gasteiger partial charge in [-0.15, -0.1) is 5.10 Å². The van der Waals surface area contributed by atoms with E-state index in [-0.39, 0.29) is 17.7 Å². The molecule has 0 spiro atoms. The molecule has 0 atom stereocenters. The molecular formula is C21H20Cl2N4O3. The fourth-order valence-corrected chi connectivity index (χ4v) is 4.18. The van der Waals surface area contributed by atoms with Gasteiger partial charge in [-0.3, -0.25) is 9.69 Å². The molecule has 2 N–H and O–H groups in total. The Morgan fingerprint density at radius 3 is 2.40 bits per heavy atom. The molecular weight excluding hydrogens is 427 g/mol. The molecule has 0 saturated carbocycles. The largest absolute Gasteiger partial charge is 0.434 e. The molecule has 7 nitrogen and oxygen atoms in total. The van der Waals surface area contributed by atoms with Crippen molar-refractivity contribution < 1.29 is 9.21 Å². The maximum atomic E-state index is 12.6. The highest BCUT2D eigenvalue weighted by Gasteiger charge is 2.25. The second kappa shape index (κ2) is 9.04. The lowest BCUT2D eigenvalue weighted by molar-refractivity contribution is -0.121. The van der Waals surface area contributed by atoms with Gasteiger partial charge in [0.05, 0.1) is 0 Å². The molecule has 4 rings (SSSR count). The van der Waals surface area contributed by atoms with Crippen LogP contribution in [-0.2, 0) is 11.3 Å². The van der Waals surface area contributed by atoms with Gasteiger partial charge in [-0.2, -0.15) is 0 Å². The average Bonchev–Trinajstić information content (AvgIpc) is 3.14. The number of nitrogens with one attached hydrogen (secondary N) is 2. The van der Waals surface area contributed by atoms with Crippen LogP contribution in [0.2, 0.25) is 10.0 Å². The van der Waals surface area contributed by atoms with E-state index in [9.17, 15) is 9.59 Å². The Hall–Kier alpha value is -2.61. The Balaban J connectivity index is 1.29. The minimum Gasteiger partial charge on any atom is -0.388 e. The lowest BCUT2D eigenvalue weighted by Gasteiger charge is -2.31. The summed E-state index contributed by atoms with van der Waals surface area (Å²) in [5.74, 6) is -0.411. The van der Waals surface area contributed by atoms with Crippen LogP contribution in [0.25, 0.3) is 11.5 Å². The van der Waals surface area contributed by atoms with Gasteiger partial charge < -0.3 is 9.73 Å². The van der Waals surface area contributed by atoms with Gasteiger partial charge in [0.1, 0.15) is 0 Å². The van der Waals surface area contributed by atoms with E-state index in [1.165, 1.54) is 0 Å². The number of amides is 1. The first-order valence-corrected chi connectivity index (χ1v) is 10.4. The molecule has 1 amide bonds. The van der Waals surface area contributed by atoms with E-state index in [0.29, 0.717) is 21.3 Å². The molecule has 2 aromatic carbocycles. The van der Waals surface area contributed by atoms with Gasteiger partial charge in [0.25, 0.3) is 0 Å². The van der Waals surface area contributed by atoms with Gasteiger partial charge in [0, 0.05) is 33.8 Å². The summed E-state index contributed by atoms with van der Waals surface area (Å²) >= 11 is 12.2. The molecule has 3 aromatic rings. The first kappa shape index (κ1) is 20.7. The molecule has 0 unspecified atom stereocenters. The molecule has 0 bridgehead atoms. The summed E-state index contributed by atoms with van der Waals surface area (Å²) in [4.78, 5) is 26.0. The standard InChI is InChI=1S/C21H20Cl2N4O3/c22-16-9-13(10-17(23)11-16)12-27-7-5-14(6-8-27)19(28)24-18-3-1-15(2-4-18)20-25-26-21(29)30-20/h1-4,9-11,14H,5-8,12H2,(H,24,28)(H,26,29). The number of hydrogen-bond donors (Lipinski definition) is 2. The molecule has 2 heterocycles. The minimum atomic E-state index is -0.604. The summed E-state index contributed by atoms with van der Waals surface area (Å²) in [7, 11) is 0. The number of halogens is 2. The molecule has 1 saturated heterocycles. The molecule has 0 aliphatic carbocycles. The van der Waals surface area contributed by atoms with Crippen LogP contribution in [0.5, 0.6) is 0 Å². The average molecular weight is 447 g/mol. The zero-order valence-corrected chi connectivity index (χ0v) is 17.5. The van der Waals surface area contributed by atoms with Gasteiger partial charge in [-0.1, -0.05) is 23.2 Å². The zero-order valence-electron chi connectivity index (χ0n) is 16.0. The van der Waals surface area contributed by atoms with Crippen molar-refractivity contribution in [2.45, 2.75) is 19.4 Å². The number of carbonyl (C=O) groups excluding carboxylic acids is 1. The Morgan fingerprint density at radius 2 is 1.80 bits per heavy atom. The van der Waals surface area contributed by atoms with E-state index in [0.717, 1.165) is 38.0 Å². The third kappa shape index (κ3) is 5.11. The van der Waals surface area contributed by atoms with Crippen LogP contribution in [0.1, 0.15) is 18.4 Å². The van der Waals surface area contributed by atoms with Crippen molar-refractivity contribution >= 4 is 34.8 Å². The summed E-state index contributed by atoms with van der Waals surface area (Å²) in [6.07, 6.45) is 1.58. The van der Waals surface area contributed by atoms with Crippen LogP contribution >= 0.6 is 23.2 Å². The van der Waals surface area contributed by atoms with Crippen LogP contribution < -0.4 is 11.1 Å². The molecule has 30 heavy (non-hydrogen) atoms. The lowest BCUT2D eigenvalue weighted by Crippen LogP contribution is -2.37. The quantitative estimate of drug-likeness (QED) is 0.612. The van der Waals surface area contributed by atoms with Crippen molar-refractivity contribution in [3.63, 3.8) is 0 Å². The van der Waals surface area contributed by atoms with Crippen LogP contribution in [0, 0.1) is 5.92 Å². The Bertz CT molecular complexity index is 1070. The summed E-state index contributed by atoms with van der Waals surface area (Å²) in [5, 5.41) is 10.2. The van der Waals surface area contributed by atoms with E-state index in [1.807, 2.05) is 12.1 Å². The first-order valence-electron chi connectivity index (χ1n) is 9.60.